The molecular weight excluding hydrogens is 297 g/mol. The molecule has 4 nitrogen and oxygen atoms in total. The first-order valence-electron chi connectivity index (χ1n) is 5.43. The summed E-state index contributed by atoms with van der Waals surface area (Å²) in [6, 6.07) is 5.98. The van der Waals surface area contributed by atoms with E-state index in [0.29, 0.717) is 5.56 Å². The van der Waals surface area contributed by atoms with Gasteiger partial charge in [0.05, 0.1) is 16.7 Å². The Hall–Kier alpha value is -1.94. The summed E-state index contributed by atoms with van der Waals surface area (Å²) in [5.41, 5.74) is 0.302. The van der Waals surface area contributed by atoms with Crippen molar-refractivity contribution in [2.45, 2.75) is 19.2 Å². The molecule has 0 bridgehead atoms. The van der Waals surface area contributed by atoms with Crippen molar-refractivity contribution in [1.82, 2.24) is 5.32 Å². The number of carbonyl (C=O) groups excluding carboxylic acids is 1. The first kappa shape index (κ1) is 16.1. The van der Waals surface area contributed by atoms with E-state index in [1.165, 1.54) is 25.1 Å². The highest BCUT2D eigenvalue weighted by atomic mass is 35.5. The van der Waals surface area contributed by atoms with E-state index in [9.17, 15) is 18.0 Å². The summed E-state index contributed by atoms with van der Waals surface area (Å²) in [6.07, 6.45) is -5.63. The number of ether oxygens (including phenoxy) is 1. The van der Waals surface area contributed by atoms with Gasteiger partial charge in [0, 0.05) is 0 Å². The minimum atomic E-state index is -4.48. The van der Waals surface area contributed by atoms with E-state index in [0.717, 1.165) is 0 Å². The molecule has 0 aliphatic heterocycles. The molecule has 0 heterocycles. The number of carbonyl (C=O) groups is 1. The van der Waals surface area contributed by atoms with Crippen LogP contribution in [0.25, 0.3) is 0 Å². The summed E-state index contributed by atoms with van der Waals surface area (Å²) in [7, 11) is 0. The molecule has 0 aromatic heterocycles. The molecule has 1 aromatic rings. The standard InChI is InChI=1S/C12H10ClF3N2O2/c1-7(11(19)18-6-12(14,15)16)20-10-3-2-8(5-17)4-9(10)13/h2-4,7H,6H2,1H3,(H,18,19)/t7-/m0/s1. The molecule has 108 valence electrons. The van der Waals surface area contributed by atoms with Crippen LogP contribution in [0, 0.1) is 11.3 Å². The average Bonchev–Trinajstić information content (AvgIpc) is 2.37. The Balaban J connectivity index is 2.64. The summed E-state index contributed by atoms with van der Waals surface area (Å²) < 4.78 is 41.0. The fourth-order valence-electron chi connectivity index (χ4n) is 1.24. The van der Waals surface area contributed by atoms with E-state index in [1.807, 2.05) is 6.07 Å². The third kappa shape index (κ3) is 4.97. The van der Waals surface area contributed by atoms with E-state index < -0.39 is 24.7 Å². The topological polar surface area (TPSA) is 62.1 Å². The van der Waals surface area contributed by atoms with Crippen LogP contribution in [0.4, 0.5) is 13.2 Å². The number of hydrogen-bond acceptors (Lipinski definition) is 3. The van der Waals surface area contributed by atoms with Gasteiger partial charge in [0.25, 0.3) is 5.91 Å². The van der Waals surface area contributed by atoms with Crippen molar-refractivity contribution in [1.29, 1.82) is 5.26 Å². The van der Waals surface area contributed by atoms with Crippen molar-refractivity contribution in [2.75, 3.05) is 6.54 Å². The minimum absolute atomic E-state index is 0.0968. The number of hydrogen-bond donors (Lipinski definition) is 1. The lowest BCUT2D eigenvalue weighted by molar-refractivity contribution is -0.142. The molecule has 1 amide bonds. The number of nitriles is 1. The van der Waals surface area contributed by atoms with Crippen LogP contribution in [0.2, 0.25) is 5.02 Å². The number of amides is 1. The molecular formula is C12H10ClF3N2O2. The molecule has 20 heavy (non-hydrogen) atoms. The summed E-state index contributed by atoms with van der Waals surface area (Å²) in [6.45, 7) is -0.138. The van der Waals surface area contributed by atoms with Gasteiger partial charge in [0.1, 0.15) is 12.3 Å². The average molecular weight is 307 g/mol. The van der Waals surface area contributed by atoms with Gasteiger partial charge in [-0.1, -0.05) is 11.6 Å². The largest absolute Gasteiger partial charge is 0.479 e. The van der Waals surface area contributed by atoms with Gasteiger partial charge in [0.15, 0.2) is 6.10 Å². The second kappa shape index (κ2) is 6.48. The summed E-state index contributed by atoms with van der Waals surface area (Å²) in [5.74, 6) is -0.803. The molecule has 0 aliphatic rings. The maximum absolute atomic E-state index is 11.9. The van der Waals surface area contributed by atoms with E-state index in [4.69, 9.17) is 21.6 Å². The Morgan fingerprint density at radius 3 is 2.70 bits per heavy atom. The molecule has 0 radical (unpaired) electrons. The second-order valence-electron chi connectivity index (χ2n) is 3.85. The molecule has 1 atom stereocenters. The molecule has 0 aliphatic carbocycles. The van der Waals surface area contributed by atoms with Gasteiger partial charge in [-0.05, 0) is 25.1 Å². The van der Waals surface area contributed by atoms with Crippen LogP contribution in [-0.4, -0.2) is 24.7 Å². The Morgan fingerprint density at radius 2 is 2.20 bits per heavy atom. The normalized spacial score (nSPS) is 12.4. The smallest absolute Gasteiger partial charge is 0.405 e. The SMILES string of the molecule is C[C@H](Oc1ccc(C#N)cc1Cl)C(=O)NCC(F)(F)F. The van der Waals surface area contributed by atoms with Gasteiger partial charge >= 0.3 is 6.18 Å². The number of halogens is 4. The number of nitrogens with zero attached hydrogens (tertiary/aromatic N) is 1. The van der Waals surface area contributed by atoms with Crippen LogP contribution in [0.1, 0.15) is 12.5 Å². The monoisotopic (exact) mass is 306 g/mol. The molecule has 1 N–H and O–H groups in total. The van der Waals surface area contributed by atoms with Crippen molar-refractivity contribution in [3.8, 4) is 11.8 Å². The van der Waals surface area contributed by atoms with Crippen molar-refractivity contribution >= 4 is 17.5 Å². The van der Waals surface area contributed by atoms with Crippen molar-refractivity contribution in [3.63, 3.8) is 0 Å². The van der Waals surface area contributed by atoms with Crippen molar-refractivity contribution < 1.29 is 22.7 Å². The molecule has 0 saturated carbocycles. The zero-order chi connectivity index (χ0) is 15.3. The van der Waals surface area contributed by atoms with Gasteiger partial charge in [-0.3, -0.25) is 4.79 Å². The van der Waals surface area contributed by atoms with Gasteiger partial charge < -0.3 is 10.1 Å². The highest BCUT2D eigenvalue weighted by Crippen LogP contribution is 2.26. The number of alkyl halides is 3. The molecule has 0 fully saturated rings. The highest BCUT2D eigenvalue weighted by Gasteiger charge is 2.29. The zero-order valence-electron chi connectivity index (χ0n) is 10.3. The summed E-state index contributed by atoms with van der Waals surface area (Å²) in [4.78, 5) is 11.4. The predicted molar refractivity (Wildman–Crippen MR) is 65.3 cm³/mol. The minimum Gasteiger partial charge on any atom is -0.479 e. The van der Waals surface area contributed by atoms with Crippen LogP contribution >= 0.6 is 11.6 Å². The Labute approximate surface area is 118 Å². The van der Waals surface area contributed by atoms with Gasteiger partial charge in [0.2, 0.25) is 0 Å². The molecule has 1 rings (SSSR count). The van der Waals surface area contributed by atoms with Crippen LogP contribution in [0.15, 0.2) is 18.2 Å². The first-order valence-corrected chi connectivity index (χ1v) is 5.81. The maximum Gasteiger partial charge on any atom is 0.405 e. The fourth-order valence-corrected chi connectivity index (χ4v) is 1.47. The lowest BCUT2D eigenvalue weighted by Crippen LogP contribution is -2.41. The third-order valence-electron chi connectivity index (χ3n) is 2.20. The third-order valence-corrected chi connectivity index (χ3v) is 2.49. The fraction of sp³-hybridized carbons (Fsp3) is 0.333. The maximum atomic E-state index is 11.9. The van der Waals surface area contributed by atoms with Crippen LogP contribution in [0.5, 0.6) is 5.75 Å². The summed E-state index contributed by atoms with van der Waals surface area (Å²) in [5, 5.41) is 10.4. The highest BCUT2D eigenvalue weighted by molar-refractivity contribution is 6.32. The van der Waals surface area contributed by atoms with E-state index in [1.54, 1.807) is 5.32 Å². The van der Waals surface area contributed by atoms with E-state index >= 15 is 0 Å². The molecule has 1 aromatic carbocycles. The molecule has 0 saturated heterocycles. The van der Waals surface area contributed by atoms with Crippen molar-refractivity contribution in [2.24, 2.45) is 0 Å². The molecule has 0 unspecified atom stereocenters. The van der Waals surface area contributed by atoms with Gasteiger partial charge in [-0.15, -0.1) is 0 Å². The van der Waals surface area contributed by atoms with E-state index in [-0.39, 0.29) is 10.8 Å². The number of nitrogens with one attached hydrogen (secondary N) is 1. The van der Waals surface area contributed by atoms with Crippen LogP contribution in [0.3, 0.4) is 0 Å². The molecule has 0 spiro atoms. The second-order valence-corrected chi connectivity index (χ2v) is 4.26. The number of benzene rings is 1. The quantitative estimate of drug-likeness (QED) is 0.930. The van der Waals surface area contributed by atoms with Crippen LogP contribution in [-0.2, 0) is 4.79 Å². The van der Waals surface area contributed by atoms with E-state index in [2.05, 4.69) is 0 Å². The van der Waals surface area contributed by atoms with Gasteiger partial charge in [-0.2, -0.15) is 18.4 Å². The lowest BCUT2D eigenvalue weighted by Gasteiger charge is -2.16. The van der Waals surface area contributed by atoms with Crippen LogP contribution < -0.4 is 10.1 Å². The molecule has 8 heteroatoms. The Bertz CT molecular complexity index is 540. The predicted octanol–water partition coefficient (Wildman–Crippen LogP) is 2.66. The Morgan fingerprint density at radius 1 is 1.55 bits per heavy atom. The Kier molecular flexibility index (Phi) is 5.22. The number of rotatable bonds is 4. The van der Waals surface area contributed by atoms with Crippen molar-refractivity contribution in [3.05, 3.63) is 28.8 Å². The first-order chi connectivity index (χ1) is 9.23. The lowest BCUT2D eigenvalue weighted by atomic mass is 10.2. The van der Waals surface area contributed by atoms with Gasteiger partial charge in [-0.25, -0.2) is 0 Å². The zero-order valence-corrected chi connectivity index (χ0v) is 11.0. The summed E-state index contributed by atoms with van der Waals surface area (Å²) >= 11 is 5.82.